The molecular weight excluding hydrogens is 374 g/mol. The molecule has 2 heterocycles. The van der Waals surface area contributed by atoms with Crippen molar-refractivity contribution in [1.29, 1.82) is 0 Å². The Hall–Kier alpha value is -2.53. The highest BCUT2D eigenvalue weighted by Crippen LogP contribution is 2.43. The lowest BCUT2D eigenvalue weighted by Gasteiger charge is -2.26. The van der Waals surface area contributed by atoms with Crippen LogP contribution in [-0.4, -0.2) is 42.2 Å². The molecule has 26 heavy (non-hydrogen) atoms. The maximum atomic E-state index is 13.3. The first-order valence-electron chi connectivity index (χ1n) is 7.18. The van der Waals surface area contributed by atoms with Crippen molar-refractivity contribution in [3.05, 3.63) is 22.5 Å². The summed E-state index contributed by atoms with van der Waals surface area (Å²) in [6.45, 7) is -0.0221. The zero-order valence-corrected chi connectivity index (χ0v) is 13.2. The third kappa shape index (κ3) is 3.53. The Kier molecular flexibility index (Phi) is 5.06. The molecule has 1 saturated heterocycles. The molecule has 0 amide bonds. The van der Waals surface area contributed by atoms with Gasteiger partial charge in [0.2, 0.25) is 0 Å². The van der Waals surface area contributed by atoms with Gasteiger partial charge < -0.3 is 14.7 Å². The molecule has 2 rings (SSSR count). The van der Waals surface area contributed by atoms with Crippen LogP contribution in [0.2, 0.25) is 0 Å². The molecule has 1 aliphatic heterocycles. The van der Waals surface area contributed by atoms with Gasteiger partial charge in [0.05, 0.1) is 12.8 Å². The van der Waals surface area contributed by atoms with Crippen molar-refractivity contribution in [2.75, 3.05) is 25.1 Å². The van der Waals surface area contributed by atoms with Crippen molar-refractivity contribution in [3.8, 4) is 0 Å². The minimum absolute atomic E-state index is 0.0110. The normalized spacial score (nSPS) is 15.3. The number of nitrogens with zero attached hydrogens (tertiary/aromatic N) is 2. The number of ether oxygens (including phenoxy) is 1. The molecular formula is C14H12F6N2O4. The number of alkyl halides is 6. The van der Waals surface area contributed by atoms with Gasteiger partial charge in [0.15, 0.2) is 11.4 Å². The van der Waals surface area contributed by atoms with Crippen molar-refractivity contribution in [2.45, 2.75) is 25.2 Å². The molecule has 0 spiro atoms. The number of esters is 1. The standard InChI is InChI=1S/C14H12F6N2O4/c1-26-12(25)7-8(22-4-2-3-5-22)6(11(23)24)9(13(15,16)17)21-10(7)14(18,19)20/h2-5H2,1H3,(H,23,24). The molecule has 0 unspecified atom stereocenters. The van der Waals surface area contributed by atoms with Gasteiger partial charge in [0.25, 0.3) is 0 Å². The lowest BCUT2D eigenvalue weighted by atomic mass is 10.0. The number of aromatic nitrogens is 1. The van der Waals surface area contributed by atoms with E-state index in [1.165, 1.54) is 0 Å². The second kappa shape index (κ2) is 6.65. The van der Waals surface area contributed by atoms with Crippen molar-refractivity contribution in [1.82, 2.24) is 4.98 Å². The average molecular weight is 386 g/mol. The summed E-state index contributed by atoms with van der Waals surface area (Å²) in [4.78, 5) is 26.9. The lowest BCUT2D eigenvalue weighted by Crippen LogP contribution is -2.31. The summed E-state index contributed by atoms with van der Waals surface area (Å²) in [5.41, 5.74) is -8.17. The molecule has 1 fully saturated rings. The zero-order chi connectivity index (χ0) is 19.9. The van der Waals surface area contributed by atoms with Crippen LogP contribution in [0.3, 0.4) is 0 Å². The number of carbonyl (C=O) groups excluding carboxylic acids is 1. The number of halogens is 6. The number of hydrogen-bond acceptors (Lipinski definition) is 5. The van der Waals surface area contributed by atoms with Gasteiger partial charge in [0, 0.05) is 13.1 Å². The van der Waals surface area contributed by atoms with Crippen LogP contribution >= 0.6 is 0 Å². The van der Waals surface area contributed by atoms with Gasteiger partial charge in [-0.15, -0.1) is 0 Å². The Bertz CT molecular complexity index is 738. The fraction of sp³-hybridized carbons (Fsp3) is 0.500. The summed E-state index contributed by atoms with van der Waals surface area (Å²) in [5.74, 6) is -3.77. The fourth-order valence-electron chi connectivity index (χ4n) is 2.74. The van der Waals surface area contributed by atoms with Crippen LogP contribution in [-0.2, 0) is 17.1 Å². The molecule has 0 atom stereocenters. The molecule has 144 valence electrons. The van der Waals surface area contributed by atoms with Gasteiger partial charge in [-0.25, -0.2) is 14.6 Å². The molecule has 1 aromatic rings. The van der Waals surface area contributed by atoms with E-state index in [2.05, 4.69) is 9.72 Å². The maximum Gasteiger partial charge on any atom is 0.434 e. The molecule has 0 bridgehead atoms. The third-order valence-corrected chi connectivity index (χ3v) is 3.73. The lowest BCUT2D eigenvalue weighted by molar-refractivity contribution is -0.150. The second-order valence-electron chi connectivity index (χ2n) is 5.39. The summed E-state index contributed by atoms with van der Waals surface area (Å²) in [7, 11) is 0.731. The number of carbonyl (C=O) groups is 2. The molecule has 1 aromatic heterocycles. The van der Waals surface area contributed by atoms with E-state index in [9.17, 15) is 41.0 Å². The van der Waals surface area contributed by atoms with Crippen LogP contribution < -0.4 is 4.90 Å². The number of rotatable bonds is 3. The molecule has 0 saturated carbocycles. The van der Waals surface area contributed by atoms with Crippen LogP contribution in [0.5, 0.6) is 0 Å². The van der Waals surface area contributed by atoms with Crippen molar-refractivity contribution < 1.29 is 45.8 Å². The SMILES string of the molecule is COC(=O)c1c(C(F)(F)F)nc(C(F)(F)F)c(C(=O)O)c1N1CCCC1. The Morgan fingerprint density at radius 2 is 1.46 bits per heavy atom. The first kappa shape index (κ1) is 19.8. The number of carboxylic acids is 1. The van der Waals surface area contributed by atoms with Crippen molar-refractivity contribution in [2.24, 2.45) is 0 Å². The Morgan fingerprint density at radius 1 is 1.00 bits per heavy atom. The van der Waals surface area contributed by atoms with E-state index in [4.69, 9.17) is 0 Å². The van der Waals surface area contributed by atoms with Gasteiger partial charge >= 0.3 is 24.3 Å². The van der Waals surface area contributed by atoms with Gasteiger partial charge in [-0.1, -0.05) is 0 Å². The highest BCUT2D eigenvalue weighted by molar-refractivity contribution is 6.05. The zero-order valence-electron chi connectivity index (χ0n) is 13.2. The van der Waals surface area contributed by atoms with Crippen molar-refractivity contribution >= 4 is 17.6 Å². The summed E-state index contributed by atoms with van der Waals surface area (Å²) in [5, 5.41) is 9.24. The first-order chi connectivity index (χ1) is 11.9. The average Bonchev–Trinajstić information content (AvgIpc) is 3.04. The summed E-state index contributed by atoms with van der Waals surface area (Å²) in [6, 6.07) is 0. The largest absolute Gasteiger partial charge is 0.478 e. The number of methoxy groups -OCH3 is 1. The topological polar surface area (TPSA) is 79.7 Å². The molecule has 6 nitrogen and oxygen atoms in total. The molecule has 0 aliphatic carbocycles. The van der Waals surface area contributed by atoms with Gasteiger partial charge in [-0.05, 0) is 12.8 Å². The minimum atomic E-state index is -5.48. The van der Waals surface area contributed by atoms with E-state index in [1.54, 1.807) is 0 Å². The molecule has 1 aliphatic rings. The number of anilines is 1. The molecule has 0 radical (unpaired) electrons. The Balaban J connectivity index is 3.02. The molecule has 1 N–H and O–H groups in total. The van der Waals surface area contributed by atoms with Crippen molar-refractivity contribution in [3.63, 3.8) is 0 Å². The van der Waals surface area contributed by atoms with E-state index in [0.717, 1.165) is 12.0 Å². The quantitative estimate of drug-likeness (QED) is 0.635. The summed E-state index contributed by atoms with van der Waals surface area (Å²) in [6.07, 6.45) is -10.1. The van der Waals surface area contributed by atoms with Gasteiger partial charge in [-0.3, -0.25) is 0 Å². The van der Waals surface area contributed by atoms with Crippen LogP contribution in [0.4, 0.5) is 32.0 Å². The van der Waals surface area contributed by atoms with E-state index in [1.807, 2.05) is 0 Å². The fourth-order valence-corrected chi connectivity index (χ4v) is 2.74. The number of carboxylic acid groups (broad SMARTS) is 1. The monoisotopic (exact) mass is 386 g/mol. The van der Waals surface area contributed by atoms with E-state index < -0.39 is 52.5 Å². The van der Waals surface area contributed by atoms with Crippen LogP contribution in [0.15, 0.2) is 0 Å². The third-order valence-electron chi connectivity index (χ3n) is 3.73. The molecule has 0 aromatic carbocycles. The van der Waals surface area contributed by atoms with E-state index in [0.29, 0.717) is 12.8 Å². The number of hydrogen-bond donors (Lipinski definition) is 1. The summed E-state index contributed by atoms with van der Waals surface area (Å²) >= 11 is 0. The van der Waals surface area contributed by atoms with Gasteiger partial charge in [-0.2, -0.15) is 26.3 Å². The Labute approximate surface area is 142 Å². The smallest absolute Gasteiger partial charge is 0.434 e. The molecule has 12 heteroatoms. The maximum absolute atomic E-state index is 13.3. The van der Waals surface area contributed by atoms with E-state index >= 15 is 0 Å². The second-order valence-corrected chi connectivity index (χ2v) is 5.39. The number of aromatic carboxylic acids is 1. The van der Waals surface area contributed by atoms with E-state index in [-0.39, 0.29) is 13.1 Å². The number of pyridine rings is 1. The van der Waals surface area contributed by atoms with Gasteiger partial charge in [0.1, 0.15) is 11.1 Å². The van der Waals surface area contributed by atoms with Crippen LogP contribution in [0.1, 0.15) is 44.9 Å². The highest BCUT2D eigenvalue weighted by atomic mass is 19.4. The predicted molar refractivity (Wildman–Crippen MR) is 74.0 cm³/mol. The highest BCUT2D eigenvalue weighted by Gasteiger charge is 2.48. The van der Waals surface area contributed by atoms with Crippen LogP contribution in [0, 0.1) is 0 Å². The first-order valence-corrected chi connectivity index (χ1v) is 7.18. The minimum Gasteiger partial charge on any atom is -0.478 e. The van der Waals surface area contributed by atoms with Crippen LogP contribution in [0.25, 0.3) is 0 Å². The predicted octanol–water partition coefficient (Wildman–Crippen LogP) is 3.20. The Morgan fingerprint density at radius 3 is 1.85 bits per heavy atom. The summed E-state index contributed by atoms with van der Waals surface area (Å²) < 4.78 is 83.9.